The van der Waals surface area contributed by atoms with Gasteiger partial charge in [0, 0.05) is 12.8 Å². The van der Waals surface area contributed by atoms with Crippen LogP contribution in [0.4, 0.5) is 5.82 Å². The molecule has 0 aliphatic rings. The number of hydrogen-bond acceptors (Lipinski definition) is 5. The number of ether oxygens (including phenoxy) is 1. The molecule has 0 fully saturated rings. The van der Waals surface area contributed by atoms with E-state index < -0.39 is 12.0 Å². The summed E-state index contributed by atoms with van der Waals surface area (Å²) in [5.74, 6) is -0.681. The van der Waals surface area contributed by atoms with Gasteiger partial charge < -0.3 is 15.2 Å². The predicted octanol–water partition coefficient (Wildman–Crippen LogP) is 0.773. The van der Waals surface area contributed by atoms with Gasteiger partial charge in [-0.05, 0) is 19.1 Å². The number of carboxylic acid groups (broad SMARTS) is 1. The van der Waals surface area contributed by atoms with Crippen LogP contribution in [0, 0.1) is 18.3 Å². The van der Waals surface area contributed by atoms with Crippen molar-refractivity contribution in [1.29, 1.82) is 5.26 Å². The summed E-state index contributed by atoms with van der Waals surface area (Å²) in [6.07, 6.45) is 0. The predicted molar refractivity (Wildman–Crippen MR) is 60.6 cm³/mol. The second kappa shape index (κ2) is 5.82. The van der Waals surface area contributed by atoms with Crippen molar-refractivity contribution in [2.24, 2.45) is 0 Å². The molecule has 0 amide bonds. The van der Waals surface area contributed by atoms with Gasteiger partial charge in [0.05, 0.1) is 18.2 Å². The molecule has 0 saturated carbocycles. The molecule has 1 heterocycles. The molecule has 1 rings (SSSR count). The lowest BCUT2D eigenvalue weighted by Crippen LogP contribution is -2.34. The van der Waals surface area contributed by atoms with Crippen molar-refractivity contribution in [3.63, 3.8) is 0 Å². The van der Waals surface area contributed by atoms with Gasteiger partial charge in [-0.2, -0.15) is 5.26 Å². The van der Waals surface area contributed by atoms with Gasteiger partial charge in [0.15, 0.2) is 0 Å². The molecular formula is C11H13N3O3. The second-order valence-electron chi connectivity index (χ2n) is 3.48. The first kappa shape index (κ1) is 12.9. The Kier molecular flexibility index (Phi) is 4.43. The van der Waals surface area contributed by atoms with Gasteiger partial charge in [-0.25, -0.2) is 9.78 Å². The first-order chi connectivity index (χ1) is 8.06. The molecule has 6 heteroatoms. The fourth-order valence-electron chi connectivity index (χ4n) is 1.33. The van der Waals surface area contributed by atoms with Crippen molar-refractivity contribution >= 4 is 11.8 Å². The monoisotopic (exact) mass is 235 g/mol. The molecule has 1 aromatic heterocycles. The number of rotatable bonds is 5. The van der Waals surface area contributed by atoms with Crippen LogP contribution in [0.2, 0.25) is 0 Å². The molecule has 90 valence electrons. The molecular weight excluding hydrogens is 222 g/mol. The van der Waals surface area contributed by atoms with Crippen molar-refractivity contribution < 1.29 is 14.6 Å². The zero-order valence-electron chi connectivity index (χ0n) is 9.60. The lowest BCUT2D eigenvalue weighted by molar-refractivity contribution is -0.139. The van der Waals surface area contributed by atoms with E-state index in [-0.39, 0.29) is 6.61 Å². The first-order valence-electron chi connectivity index (χ1n) is 4.94. The molecule has 0 radical (unpaired) electrons. The van der Waals surface area contributed by atoms with Gasteiger partial charge in [0.25, 0.3) is 0 Å². The second-order valence-corrected chi connectivity index (χ2v) is 3.48. The van der Waals surface area contributed by atoms with E-state index in [9.17, 15) is 4.79 Å². The Morgan fingerprint density at radius 1 is 1.71 bits per heavy atom. The zero-order valence-corrected chi connectivity index (χ0v) is 9.60. The average Bonchev–Trinajstić information content (AvgIpc) is 2.27. The number of aryl methyl sites for hydroxylation is 1. The summed E-state index contributed by atoms with van der Waals surface area (Å²) in [6, 6.07) is 4.22. The molecule has 0 aliphatic heterocycles. The van der Waals surface area contributed by atoms with Crippen molar-refractivity contribution in [2.75, 3.05) is 19.0 Å². The van der Waals surface area contributed by atoms with E-state index in [1.165, 1.54) is 13.2 Å². The minimum Gasteiger partial charge on any atom is -0.480 e. The molecule has 6 nitrogen and oxygen atoms in total. The molecule has 2 N–H and O–H groups in total. The molecule has 0 spiro atoms. The van der Waals surface area contributed by atoms with E-state index >= 15 is 0 Å². The lowest BCUT2D eigenvalue weighted by atomic mass is 10.2. The van der Waals surface area contributed by atoms with Crippen molar-refractivity contribution in [3.05, 3.63) is 23.4 Å². The van der Waals surface area contributed by atoms with E-state index in [1.807, 2.05) is 6.07 Å². The number of aliphatic carboxylic acids is 1. The van der Waals surface area contributed by atoms with Crippen LogP contribution >= 0.6 is 0 Å². The number of anilines is 1. The van der Waals surface area contributed by atoms with E-state index in [4.69, 9.17) is 15.1 Å². The fourth-order valence-corrected chi connectivity index (χ4v) is 1.33. The molecule has 0 bridgehead atoms. The normalized spacial score (nSPS) is 11.6. The largest absolute Gasteiger partial charge is 0.480 e. The highest BCUT2D eigenvalue weighted by Gasteiger charge is 2.17. The molecule has 1 aromatic rings. The summed E-state index contributed by atoms with van der Waals surface area (Å²) >= 11 is 0. The number of carbonyl (C=O) groups is 1. The number of methoxy groups -OCH3 is 1. The Hall–Kier alpha value is -2.13. The summed E-state index contributed by atoms with van der Waals surface area (Å²) in [5.41, 5.74) is 1.08. The zero-order chi connectivity index (χ0) is 12.8. The number of nitrogens with zero attached hydrogens (tertiary/aromatic N) is 2. The summed E-state index contributed by atoms with van der Waals surface area (Å²) < 4.78 is 4.79. The van der Waals surface area contributed by atoms with Crippen molar-refractivity contribution in [1.82, 2.24) is 4.98 Å². The number of carboxylic acids is 1. The number of aromatic nitrogens is 1. The number of pyridine rings is 1. The Morgan fingerprint density at radius 3 is 2.94 bits per heavy atom. The fraction of sp³-hybridized carbons (Fsp3) is 0.364. The van der Waals surface area contributed by atoms with Crippen LogP contribution in [-0.4, -0.2) is 35.8 Å². The number of nitriles is 1. The van der Waals surface area contributed by atoms with Gasteiger partial charge in [-0.15, -0.1) is 0 Å². The molecule has 0 aliphatic carbocycles. The molecule has 0 saturated heterocycles. The van der Waals surface area contributed by atoms with Gasteiger partial charge in [0.2, 0.25) is 0 Å². The van der Waals surface area contributed by atoms with Crippen LogP contribution < -0.4 is 5.32 Å². The summed E-state index contributed by atoms with van der Waals surface area (Å²) in [4.78, 5) is 15.0. The standard InChI is InChI=1S/C11H13N3O3/c1-7-3-8(5-12)4-10(13-7)14-9(6-17-2)11(15)16/h3-4,9H,6H2,1-2H3,(H,13,14)(H,15,16). The number of hydrogen-bond donors (Lipinski definition) is 2. The highest BCUT2D eigenvalue weighted by Crippen LogP contribution is 2.10. The third-order valence-electron chi connectivity index (χ3n) is 2.04. The van der Waals surface area contributed by atoms with Gasteiger partial charge in [-0.3, -0.25) is 0 Å². The highest BCUT2D eigenvalue weighted by atomic mass is 16.5. The maximum Gasteiger partial charge on any atom is 0.328 e. The Bertz CT molecular complexity index is 454. The molecule has 1 unspecified atom stereocenters. The summed E-state index contributed by atoms with van der Waals surface area (Å²) in [7, 11) is 1.42. The Morgan fingerprint density at radius 2 is 2.41 bits per heavy atom. The third kappa shape index (κ3) is 3.74. The van der Waals surface area contributed by atoms with Crippen molar-refractivity contribution in [2.45, 2.75) is 13.0 Å². The Labute approximate surface area is 98.9 Å². The van der Waals surface area contributed by atoms with Crippen LogP contribution in [0.5, 0.6) is 0 Å². The summed E-state index contributed by atoms with van der Waals surface area (Å²) in [6.45, 7) is 1.75. The maximum atomic E-state index is 10.9. The number of nitrogens with one attached hydrogen (secondary N) is 1. The summed E-state index contributed by atoms with van der Waals surface area (Å²) in [5, 5.41) is 20.4. The van der Waals surface area contributed by atoms with Crippen LogP contribution in [0.3, 0.4) is 0 Å². The Balaban J connectivity index is 2.89. The lowest BCUT2D eigenvalue weighted by Gasteiger charge is -2.14. The minimum atomic E-state index is -1.03. The minimum absolute atomic E-state index is 0.0207. The van der Waals surface area contributed by atoms with Gasteiger partial charge in [-0.1, -0.05) is 0 Å². The topological polar surface area (TPSA) is 95.2 Å². The van der Waals surface area contributed by atoms with Crippen LogP contribution in [0.1, 0.15) is 11.3 Å². The maximum absolute atomic E-state index is 10.9. The SMILES string of the molecule is COCC(Nc1cc(C#N)cc(C)n1)C(=O)O. The van der Waals surface area contributed by atoms with Crippen LogP contribution in [-0.2, 0) is 9.53 Å². The molecule has 17 heavy (non-hydrogen) atoms. The van der Waals surface area contributed by atoms with E-state index in [0.29, 0.717) is 17.1 Å². The van der Waals surface area contributed by atoms with Gasteiger partial charge in [0.1, 0.15) is 11.9 Å². The van der Waals surface area contributed by atoms with E-state index in [0.717, 1.165) is 0 Å². The van der Waals surface area contributed by atoms with E-state index in [2.05, 4.69) is 10.3 Å². The highest BCUT2D eigenvalue weighted by molar-refractivity contribution is 5.77. The van der Waals surface area contributed by atoms with Crippen LogP contribution in [0.25, 0.3) is 0 Å². The quantitative estimate of drug-likeness (QED) is 0.782. The van der Waals surface area contributed by atoms with Crippen LogP contribution in [0.15, 0.2) is 12.1 Å². The van der Waals surface area contributed by atoms with Crippen molar-refractivity contribution in [3.8, 4) is 6.07 Å². The third-order valence-corrected chi connectivity index (χ3v) is 2.04. The van der Waals surface area contributed by atoms with Gasteiger partial charge >= 0.3 is 5.97 Å². The molecule has 0 aromatic carbocycles. The first-order valence-corrected chi connectivity index (χ1v) is 4.94. The smallest absolute Gasteiger partial charge is 0.328 e. The van der Waals surface area contributed by atoms with E-state index in [1.54, 1.807) is 13.0 Å². The molecule has 1 atom stereocenters. The average molecular weight is 235 g/mol.